The van der Waals surface area contributed by atoms with Crippen LogP contribution in [-0.4, -0.2) is 95.2 Å². The predicted octanol–water partition coefficient (Wildman–Crippen LogP) is 8.53. The number of amides is 1. The van der Waals surface area contributed by atoms with Crippen LogP contribution in [0, 0.1) is 41.9 Å². The number of aliphatic hydroxyl groups is 1. The van der Waals surface area contributed by atoms with Gasteiger partial charge in [-0.2, -0.15) is 0 Å². The van der Waals surface area contributed by atoms with Gasteiger partial charge in [-0.15, -0.1) is 6.42 Å². The molecule has 0 aromatic heterocycles. The van der Waals surface area contributed by atoms with Crippen molar-refractivity contribution in [1.82, 2.24) is 4.90 Å². The second-order valence-electron chi connectivity index (χ2n) is 18.2. The number of aliphatic carboxylic acids is 1. The Morgan fingerprint density at radius 1 is 0.951 bits per heavy atom. The highest BCUT2D eigenvalue weighted by molar-refractivity contribution is 6.39. The van der Waals surface area contributed by atoms with Crippen molar-refractivity contribution in [3.05, 3.63) is 47.6 Å². The van der Waals surface area contributed by atoms with Crippen LogP contribution in [0.4, 0.5) is 0 Å². The zero-order chi connectivity index (χ0) is 45.1. The quantitative estimate of drug-likeness (QED) is 0.0418. The SMILES string of the molecule is C#C[C@H](/C=C(\C)C[C@@H](OC)C(=O)[C@H](C)CC/C=C/C=C/C=C(\C)CCC1CC[C@@H](C)C(O)(C(=O)C(=O)N2CCCCC2C(=O)O)O1)C(=O)CC[C@H](C)CC1CCC[C@H](OC)C1. The second kappa shape index (κ2) is 26.1. The number of methoxy groups -OCH3 is 2. The molecule has 3 rings (SSSR count). The first kappa shape index (κ1) is 51.7. The van der Waals surface area contributed by atoms with E-state index in [1.165, 1.54) is 20.0 Å². The molecule has 4 unspecified atom stereocenters. The number of terminal acetylenes is 1. The topological polar surface area (TPSA) is 157 Å². The van der Waals surface area contributed by atoms with Gasteiger partial charge in [-0.25, -0.2) is 4.79 Å². The molecule has 3 aliphatic rings. The number of likely N-dealkylation sites (tertiary alicyclic amines) is 1. The van der Waals surface area contributed by atoms with Gasteiger partial charge in [-0.05, 0) is 109 Å². The lowest BCUT2D eigenvalue weighted by Crippen LogP contribution is -2.60. The molecule has 1 aliphatic carbocycles. The van der Waals surface area contributed by atoms with Gasteiger partial charge in [-0.1, -0.05) is 87.1 Å². The molecule has 3 fully saturated rings. The maximum Gasteiger partial charge on any atom is 0.326 e. The van der Waals surface area contributed by atoms with Crippen LogP contribution >= 0.6 is 0 Å². The van der Waals surface area contributed by atoms with Crippen molar-refractivity contribution in [2.75, 3.05) is 20.8 Å². The molecule has 0 aromatic carbocycles. The van der Waals surface area contributed by atoms with Crippen LogP contribution in [0.2, 0.25) is 0 Å². The van der Waals surface area contributed by atoms with Gasteiger partial charge in [0.1, 0.15) is 12.1 Å². The molecule has 10 atom stereocenters. The van der Waals surface area contributed by atoms with E-state index >= 15 is 0 Å². The van der Waals surface area contributed by atoms with Gasteiger partial charge in [0.2, 0.25) is 5.79 Å². The fourth-order valence-electron chi connectivity index (χ4n) is 9.07. The van der Waals surface area contributed by atoms with Gasteiger partial charge < -0.3 is 29.3 Å². The molecule has 61 heavy (non-hydrogen) atoms. The van der Waals surface area contributed by atoms with E-state index in [2.05, 4.69) is 12.8 Å². The molecule has 11 nitrogen and oxygen atoms in total. The first-order valence-corrected chi connectivity index (χ1v) is 22.8. The lowest BCUT2D eigenvalue weighted by atomic mass is 9.80. The number of piperidine rings is 1. The first-order chi connectivity index (χ1) is 29.0. The number of allylic oxidation sites excluding steroid dienone is 7. The molecule has 0 aromatic rings. The summed E-state index contributed by atoms with van der Waals surface area (Å²) in [5, 5.41) is 20.9. The van der Waals surface area contributed by atoms with E-state index in [0.29, 0.717) is 82.1 Å². The van der Waals surface area contributed by atoms with Crippen molar-refractivity contribution < 1.29 is 48.4 Å². The van der Waals surface area contributed by atoms with Gasteiger partial charge in [0.25, 0.3) is 11.7 Å². The average molecular weight is 850 g/mol. The van der Waals surface area contributed by atoms with Gasteiger partial charge in [-0.3, -0.25) is 19.2 Å². The van der Waals surface area contributed by atoms with Crippen LogP contribution in [-0.2, 0) is 38.2 Å². The number of ether oxygens (including phenoxy) is 3. The maximum atomic E-state index is 13.3. The molecule has 2 saturated heterocycles. The van der Waals surface area contributed by atoms with Crippen LogP contribution in [0.5, 0.6) is 0 Å². The Balaban J connectivity index is 1.40. The molecule has 1 saturated carbocycles. The highest BCUT2D eigenvalue weighted by Gasteiger charge is 2.52. The maximum absolute atomic E-state index is 13.3. The third kappa shape index (κ3) is 16.2. The highest BCUT2D eigenvalue weighted by Crippen LogP contribution is 2.36. The highest BCUT2D eigenvalue weighted by atomic mass is 16.6. The third-order valence-corrected chi connectivity index (χ3v) is 13.1. The van der Waals surface area contributed by atoms with Crippen molar-refractivity contribution in [1.29, 1.82) is 0 Å². The number of Topliss-reactive ketones (excluding diaryl/α,β-unsaturated/α-hetero) is 3. The van der Waals surface area contributed by atoms with Crippen LogP contribution in [0.15, 0.2) is 47.6 Å². The van der Waals surface area contributed by atoms with E-state index in [9.17, 15) is 34.2 Å². The van der Waals surface area contributed by atoms with Crippen molar-refractivity contribution in [3.8, 4) is 12.3 Å². The van der Waals surface area contributed by atoms with Crippen molar-refractivity contribution in [3.63, 3.8) is 0 Å². The van der Waals surface area contributed by atoms with Gasteiger partial charge >= 0.3 is 5.97 Å². The molecule has 2 N–H and O–H groups in total. The van der Waals surface area contributed by atoms with Gasteiger partial charge in [0.15, 0.2) is 11.6 Å². The Hall–Kier alpha value is -3.69. The summed E-state index contributed by atoms with van der Waals surface area (Å²) in [6.07, 6.45) is 29.4. The van der Waals surface area contributed by atoms with E-state index in [-0.39, 0.29) is 30.4 Å². The van der Waals surface area contributed by atoms with E-state index in [4.69, 9.17) is 20.6 Å². The molecule has 0 radical (unpaired) electrons. The Labute approximate surface area is 365 Å². The second-order valence-corrected chi connectivity index (χ2v) is 18.2. The summed E-state index contributed by atoms with van der Waals surface area (Å²) in [7, 11) is 3.33. The van der Waals surface area contributed by atoms with Crippen molar-refractivity contribution >= 4 is 29.2 Å². The fraction of sp³-hybridized carbons (Fsp3) is 0.700. The molecule has 2 aliphatic heterocycles. The normalized spacial score (nSPS) is 27.3. The summed E-state index contributed by atoms with van der Waals surface area (Å²) in [6.45, 7) is 9.85. The molecule has 2 heterocycles. The third-order valence-electron chi connectivity index (χ3n) is 13.1. The number of carboxylic acid groups (broad SMARTS) is 1. The smallest absolute Gasteiger partial charge is 0.326 e. The minimum atomic E-state index is -2.29. The predicted molar refractivity (Wildman–Crippen MR) is 237 cm³/mol. The Bertz CT molecular complexity index is 1640. The fourth-order valence-corrected chi connectivity index (χ4v) is 9.07. The summed E-state index contributed by atoms with van der Waals surface area (Å²) in [6, 6.07) is -1.08. The molecule has 11 heteroatoms. The van der Waals surface area contributed by atoms with Gasteiger partial charge in [0, 0.05) is 45.4 Å². The molecule has 1 amide bonds. The lowest BCUT2D eigenvalue weighted by Gasteiger charge is -2.42. The van der Waals surface area contributed by atoms with E-state index in [0.717, 1.165) is 41.7 Å². The number of carbonyl (C=O) groups is 5. The van der Waals surface area contributed by atoms with E-state index in [1.54, 1.807) is 14.0 Å². The summed E-state index contributed by atoms with van der Waals surface area (Å²) < 4.78 is 17.1. The number of ketones is 3. The van der Waals surface area contributed by atoms with Crippen LogP contribution in [0.25, 0.3) is 0 Å². The standard InChI is InChI=1S/C50H75NO10/c1-9-40(44(52)28-24-35(3)30-39-20-17-21-42(33-39)59-7)31-36(4)32-45(60-8)46(53)37(5)19-14-12-10-11-13-18-34(2)23-26-41-27-25-38(6)50(58,61-41)47(54)48(55)51-29-16-15-22-43(51)49(56)57/h1,10-13,18,31,35,37-43,45,58H,14-17,19-30,32-33H2,2-8H3,(H,56,57)/b12-10+,13-11+,34-18+,36-31+/t35-,37+,38+,39?,40+,41?,42-,43?,45+,50?/m0/s1. The number of carbonyl (C=O) groups excluding carboxylic acids is 4. The molecular weight excluding hydrogens is 775 g/mol. The minimum absolute atomic E-state index is 0.0215. The van der Waals surface area contributed by atoms with Crippen molar-refractivity contribution in [2.45, 2.75) is 174 Å². The number of hydrogen-bond donors (Lipinski definition) is 2. The summed E-state index contributed by atoms with van der Waals surface area (Å²) in [4.78, 5) is 65.6. The largest absolute Gasteiger partial charge is 0.480 e. The number of hydrogen-bond acceptors (Lipinski definition) is 9. The number of rotatable bonds is 24. The molecule has 340 valence electrons. The van der Waals surface area contributed by atoms with Crippen molar-refractivity contribution in [2.24, 2.45) is 29.6 Å². The van der Waals surface area contributed by atoms with E-state index in [1.807, 2.05) is 57.2 Å². The van der Waals surface area contributed by atoms with E-state index < -0.39 is 53.5 Å². The van der Waals surface area contributed by atoms with Crippen LogP contribution < -0.4 is 0 Å². The summed E-state index contributed by atoms with van der Waals surface area (Å²) in [5.41, 5.74) is 1.94. The van der Waals surface area contributed by atoms with Crippen LogP contribution in [0.1, 0.15) is 144 Å². The monoisotopic (exact) mass is 850 g/mol. The van der Waals surface area contributed by atoms with Crippen LogP contribution in [0.3, 0.4) is 0 Å². The first-order valence-electron chi connectivity index (χ1n) is 22.8. The van der Waals surface area contributed by atoms with Gasteiger partial charge in [0.05, 0.1) is 18.1 Å². The average Bonchev–Trinajstić information content (AvgIpc) is 3.25. The molecule has 0 spiro atoms. The summed E-state index contributed by atoms with van der Waals surface area (Å²) >= 11 is 0. The zero-order valence-corrected chi connectivity index (χ0v) is 38.1. The Morgan fingerprint density at radius 2 is 1.70 bits per heavy atom. The summed E-state index contributed by atoms with van der Waals surface area (Å²) in [5.74, 6) is -3.16. The Kier molecular flexibility index (Phi) is 22.1. The number of carboxylic acids is 1. The minimum Gasteiger partial charge on any atom is -0.480 e. The zero-order valence-electron chi connectivity index (χ0n) is 38.1. The Morgan fingerprint density at radius 3 is 2.39 bits per heavy atom. The molecular formula is C50H75NO10. The lowest BCUT2D eigenvalue weighted by molar-refractivity contribution is -0.263. The number of nitrogens with zero attached hydrogens (tertiary/aromatic N) is 1. The molecule has 0 bridgehead atoms.